The molecule has 0 bridgehead atoms. The Labute approximate surface area is 66.0 Å². The molecule has 0 fully saturated rings. The van der Waals surface area contributed by atoms with Gasteiger partial charge in [0.25, 0.3) is 0 Å². The summed E-state index contributed by atoms with van der Waals surface area (Å²) in [6.07, 6.45) is 0.184. The van der Waals surface area contributed by atoms with Gasteiger partial charge >= 0.3 is 0 Å². The third-order valence-electron chi connectivity index (χ3n) is 1.32. The molecule has 1 unspecified atom stereocenters. The van der Waals surface area contributed by atoms with E-state index in [0.29, 0.717) is 0 Å². The minimum atomic E-state index is -3.52. The first kappa shape index (κ1) is 10.2. The van der Waals surface area contributed by atoms with Crippen molar-refractivity contribution in [2.75, 3.05) is 0 Å². The van der Waals surface area contributed by atoms with E-state index in [-0.39, 0.29) is 6.42 Å². The van der Waals surface area contributed by atoms with Gasteiger partial charge in [-0.3, -0.25) is 4.79 Å². The smallest absolute Gasteiger partial charge is 0.236 e. The van der Waals surface area contributed by atoms with Crippen molar-refractivity contribution in [1.82, 2.24) is 0 Å². The molecule has 0 radical (unpaired) electrons. The van der Waals surface area contributed by atoms with Gasteiger partial charge < -0.3 is 5.73 Å². The molecule has 11 heavy (non-hydrogen) atoms. The van der Waals surface area contributed by atoms with E-state index >= 15 is 0 Å². The van der Waals surface area contributed by atoms with Crippen LogP contribution in [0.15, 0.2) is 12.0 Å². The average molecular weight is 177 g/mol. The molecular formula is C6H11NO3S. The van der Waals surface area contributed by atoms with Gasteiger partial charge in [0.15, 0.2) is 9.84 Å². The van der Waals surface area contributed by atoms with Gasteiger partial charge in [0.1, 0.15) is 5.25 Å². The van der Waals surface area contributed by atoms with Crippen LogP contribution >= 0.6 is 0 Å². The maximum absolute atomic E-state index is 11.0. The van der Waals surface area contributed by atoms with Crippen molar-refractivity contribution in [2.24, 2.45) is 5.73 Å². The summed E-state index contributed by atoms with van der Waals surface area (Å²) in [5.74, 6) is -0.826. The van der Waals surface area contributed by atoms with E-state index in [0.717, 1.165) is 5.41 Å². The summed E-state index contributed by atoms with van der Waals surface area (Å²) in [6, 6.07) is 0. The highest BCUT2D eigenvalue weighted by Crippen LogP contribution is 2.06. The normalized spacial score (nSPS) is 13.9. The third kappa shape index (κ3) is 2.34. The van der Waals surface area contributed by atoms with E-state index in [4.69, 9.17) is 5.73 Å². The Kier molecular flexibility index (Phi) is 3.25. The van der Waals surface area contributed by atoms with Crippen molar-refractivity contribution in [3.8, 4) is 0 Å². The van der Waals surface area contributed by atoms with Crippen LogP contribution in [0.4, 0.5) is 0 Å². The molecule has 0 aromatic heterocycles. The van der Waals surface area contributed by atoms with Crippen LogP contribution in [0.25, 0.3) is 0 Å². The summed E-state index contributed by atoms with van der Waals surface area (Å²) in [7, 11) is -3.52. The van der Waals surface area contributed by atoms with Crippen LogP contribution < -0.4 is 5.73 Å². The first-order chi connectivity index (χ1) is 4.95. The van der Waals surface area contributed by atoms with Crippen molar-refractivity contribution in [2.45, 2.75) is 18.6 Å². The lowest BCUT2D eigenvalue weighted by molar-refractivity contribution is -0.117. The highest BCUT2D eigenvalue weighted by molar-refractivity contribution is 7.95. The van der Waals surface area contributed by atoms with E-state index in [1.165, 1.54) is 0 Å². The summed E-state index contributed by atoms with van der Waals surface area (Å²) < 4.78 is 21.9. The number of sulfone groups is 1. The number of nitrogens with two attached hydrogens (primary N) is 1. The molecule has 0 aromatic carbocycles. The zero-order valence-electron chi connectivity index (χ0n) is 6.28. The Morgan fingerprint density at radius 1 is 1.73 bits per heavy atom. The van der Waals surface area contributed by atoms with Crippen LogP contribution in [0.2, 0.25) is 0 Å². The van der Waals surface area contributed by atoms with Crippen molar-refractivity contribution in [1.29, 1.82) is 0 Å². The lowest BCUT2D eigenvalue weighted by Crippen LogP contribution is -2.34. The summed E-state index contributed by atoms with van der Waals surface area (Å²) in [4.78, 5) is 10.5. The quantitative estimate of drug-likeness (QED) is 0.646. The molecule has 0 aromatic rings. The molecule has 0 saturated carbocycles. The number of carbonyl (C=O) groups excluding carboxylic acids is 1. The lowest BCUT2D eigenvalue weighted by atomic mass is 10.3. The molecule has 64 valence electrons. The fraction of sp³-hybridized carbons (Fsp3) is 0.500. The largest absolute Gasteiger partial charge is 0.369 e. The van der Waals surface area contributed by atoms with Crippen LogP contribution in [0.3, 0.4) is 0 Å². The number of hydrogen-bond donors (Lipinski definition) is 1. The van der Waals surface area contributed by atoms with E-state index in [1.807, 2.05) is 0 Å². The number of primary amides is 1. The second kappa shape index (κ2) is 3.52. The average Bonchev–Trinajstić information content (AvgIpc) is 1.88. The van der Waals surface area contributed by atoms with Crippen LogP contribution in [0, 0.1) is 0 Å². The van der Waals surface area contributed by atoms with Gasteiger partial charge in [-0.2, -0.15) is 0 Å². The Morgan fingerprint density at radius 2 is 2.18 bits per heavy atom. The van der Waals surface area contributed by atoms with Crippen molar-refractivity contribution in [3.05, 3.63) is 12.0 Å². The van der Waals surface area contributed by atoms with Crippen LogP contribution in [0.5, 0.6) is 0 Å². The molecule has 0 saturated heterocycles. The van der Waals surface area contributed by atoms with Crippen molar-refractivity contribution in [3.63, 3.8) is 0 Å². The lowest BCUT2D eigenvalue weighted by Gasteiger charge is -2.06. The first-order valence-electron chi connectivity index (χ1n) is 3.11. The van der Waals surface area contributed by atoms with Gasteiger partial charge in [0.2, 0.25) is 5.91 Å². The highest BCUT2D eigenvalue weighted by Gasteiger charge is 2.25. The van der Waals surface area contributed by atoms with E-state index in [1.54, 1.807) is 6.92 Å². The van der Waals surface area contributed by atoms with Crippen molar-refractivity contribution >= 4 is 15.7 Å². The Bertz CT molecular complexity index is 255. The Hall–Kier alpha value is -0.840. The minimum Gasteiger partial charge on any atom is -0.369 e. The molecule has 0 spiro atoms. The third-order valence-corrected chi connectivity index (χ3v) is 3.14. The van der Waals surface area contributed by atoms with Crippen molar-refractivity contribution < 1.29 is 13.2 Å². The van der Waals surface area contributed by atoms with Gasteiger partial charge in [-0.1, -0.05) is 13.5 Å². The van der Waals surface area contributed by atoms with Gasteiger partial charge in [-0.15, -0.1) is 0 Å². The predicted molar refractivity (Wildman–Crippen MR) is 42.4 cm³/mol. The topological polar surface area (TPSA) is 77.2 Å². The fourth-order valence-corrected chi connectivity index (χ4v) is 1.73. The second-order valence-corrected chi connectivity index (χ2v) is 4.14. The zero-order chi connectivity index (χ0) is 9.07. The van der Waals surface area contributed by atoms with Gasteiger partial charge in [0, 0.05) is 5.41 Å². The minimum absolute atomic E-state index is 0.184. The van der Waals surface area contributed by atoms with E-state index < -0.39 is 21.0 Å². The second-order valence-electron chi connectivity index (χ2n) is 2.05. The molecule has 5 heteroatoms. The molecule has 1 atom stereocenters. The van der Waals surface area contributed by atoms with E-state index in [9.17, 15) is 13.2 Å². The molecule has 1 amide bonds. The molecule has 0 rings (SSSR count). The van der Waals surface area contributed by atoms with Crippen LogP contribution in [0.1, 0.15) is 13.3 Å². The Balaban J connectivity index is 4.80. The summed E-state index contributed by atoms with van der Waals surface area (Å²) >= 11 is 0. The molecule has 2 N–H and O–H groups in total. The highest BCUT2D eigenvalue weighted by atomic mass is 32.2. The maximum Gasteiger partial charge on any atom is 0.236 e. The van der Waals surface area contributed by atoms with Gasteiger partial charge in [0.05, 0.1) is 0 Å². The summed E-state index contributed by atoms with van der Waals surface area (Å²) in [5, 5.41) is -0.369. The summed E-state index contributed by atoms with van der Waals surface area (Å²) in [5.41, 5.74) is 4.84. The number of carbonyl (C=O) groups is 1. The molecule has 0 aliphatic rings. The first-order valence-corrected chi connectivity index (χ1v) is 4.72. The number of rotatable bonds is 4. The fourth-order valence-electron chi connectivity index (χ4n) is 0.712. The maximum atomic E-state index is 11.0. The SMILES string of the molecule is C=CS(=O)(=O)C(CC)C(N)=O. The molecule has 0 aliphatic heterocycles. The number of hydrogen-bond acceptors (Lipinski definition) is 3. The van der Waals surface area contributed by atoms with Gasteiger partial charge in [-0.25, -0.2) is 8.42 Å². The monoisotopic (exact) mass is 177 g/mol. The molecule has 4 nitrogen and oxygen atoms in total. The molecular weight excluding hydrogens is 166 g/mol. The predicted octanol–water partition coefficient (Wildman–Crippen LogP) is -0.191. The van der Waals surface area contributed by atoms with Gasteiger partial charge in [-0.05, 0) is 6.42 Å². The van der Waals surface area contributed by atoms with Crippen LogP contribution in [-0.4, -0.2) is 19.6 Å². The van der Waals surface area contributed by atoms with E-state index in [2.05, 4.69) is 6.58 Å². The molecule has 0 heterocycles. The van der Waals surface area contributed by atoms with Crippen LogP contribution in [-0.2, 0) is 14.6 Å². The molecule has 0 aliphatic carbocycles. The summed E-state index contributed by atoms with van der Waals surface area (Å²) in [6.45, 7) is 4.67. The standard InChI is InChI=1S/C6H11NO3S/c1-3-5(6(7)8)11(9,10)4-2/h4-5H,2-3H2,1H3,(H2,7,8). The zero-order valence-corrected chi connectivity index (χ0v) is 7.10. The Morgan fingerprint density at radius 3 is 2.27 bits per heavy atom. The number of amides is 1.